The first-order chi connectivity index (χ1) is 16.8. The molecule has 2 N–H and O–H groups in total. The summed E-state index contributed by atoms with van der Waals surface area (Å²) in [5.74, 6) is 2.34. The third kappa shape index (κ3) is 28.9. The van der Waals surface area contributed by atoms with E-state index in [4.69, 9.17) is 5.73 Å². The van der Waals surface area contributed by atoms with E-state index < -0.39 is 0 Å². The number of hydrogen-bond donors (Lipinski definition) is 1. The Morgan fingerprint density at radius 3 is 1.09 bits per heavy atom. The zero-order valence-electron chi connectivity index (χ0n) is 23.6. The lowest BCUT2D eigenvalue weighted by atomic mass is 10.1. The van der Waals surface area contributed by atoms with E-state index in [1.54, 1.807) is 0 Å². The van der Waals surface area contributed by atoms with E-state index in [0.29, 0.717) is 0 Å². The summed E-state index contributed by atoms with van der Waals surface area (Å²) in [5, 5.41) is 0. The molecule has 0 radical (unpaired) electrons. The minimum absolute atomic E-state index is 0.804. The Bertz CT molecular complexity index is 329. The SMILES string of the molecule is CCCCCCCCCCCCCN(CCCCCCCCCCCCC)CCSSCCN. The highest BCUT2D eigenvalue weighted by atomic mass is 33.1. The van der Waals surface area contributed by atoms with Crippen LogP contribution in [0.25, 0.3) is 0 Å². The van der Waals surface area contributed by atoms with E-state index in [9.17, 15) is 0 Å². The van der Waals surface area contributed by atoms with Gasteiger partial charge < -0.3 is 10.6 Å². The maximum Gasteiger partial charge on any atom is 0.0165 e. The topological polar surface area (TPSA) is 29.3 Å². The Balaban J connectivity index is 3.73. The minimum Gasteiger partial charge on any atom is -0.330 e. The van der Waals surface area contributed by atoms with Crippen molar-refractivity contribution in [1.82, 2.24) is 4.90 Å². The van der Waals surface area contributed by atoms with Gasteiger partial charge in [-0.2, -0.15) is 0 Å². The summed E-state index contributed by atoms with van der Waals surface area (Å²) in [4.78, 5) is 2.76. The molecule has 34 heavy (non-hydrogen) atoms. The molecule has 0 unspecified atom stereocenters. The van der Waals surface area contributed by atoms with Crippen LogP contribution in [0, 0.1) is 0 Å². The van der Waals surface area contributed by atoms with Gasteiger partial charge in [0.2, 0.25) is 0 Å². The highest BCUT2D eigenvalue weighted by Crippen LogP contribution is 2.20. The van der Waals surface area contributed by atoms with E-state index in [2.05, 4.69) is 18.7 Å². The molecule has 0 amide bonds. The maximum atomic E-state index is 5.63. The van der Waals surface area contributed by atoms with Crippen molar-refractivity contribution in [2.75, 3.05) is 37.7 Å². The lowest BCUT2D eigenvalue weighted by Crippen LogP contribution is -2.28. The molecule has 0 spiro atoms. The zero-order valence-corrected chi connectivity index (χ0v) is 25.3. The predicted molar refractivity (Wildman–Crippen MR) is 163 cm³/mol. The molecule has 0 aromatic heterocycles. The fourth-order valence-corrected chi connectivity index (χ4v) is 6.55. The molecule has 4 heteroatoms. The maximum absolute atomic E-state index is 5.63. The van der Waals surface area contributed by atoms with Crippen molar-refractivity contribution >= 4 is 21.6 Å². The van der Waals surface area contributed by atoms with Crippen molar-refractivity contribution in [1.29, 1.82) is 0 Å². The number of rotatable bonds is 30. The molecule has 0 saturated carbocycles. The third-order valence-corrected chi connectivity index (χ3v) is 9.35. The molecule has 2 nitrogen and oxygen atoms in total. The lowest BCUT2D eigenvalue weighted by Gasteiger charge is -2.22. The smallest absolute Gasteiger partial charge is 0.0165 e. The van der Waals surface area contributed by atoms with Crippen molar-refractivity contribution in [3.8, 4) is 0 Å². The fraction of sp³-hybridized carbons (Fsp3) is 1.00. The normalized spacial score (nSPS) is 11.6. The summed E-state index contributed by atoms with van der Waals surface area (Å²) in [6.45, 7) is 9.31. The van der Waals surface area contributed by atoms with Crippen LogP contribution in [0.15, 0.2) is 0 Å². The summed E-state index contributed by atoms with van der Waals surface area (Å²) in [6.07, 6.45) is 31.7. The Morgan fingerprint density at radius 2 is 0.735 bits per heavy atom. The van der Waals surface area contributed by atoms with Crippen LogP contribution in [0.1, 0.15) is 155 Å². The molecular weight excluding hydrogens is 452 g/mol. The standard InChI is InChI=1S/C30H64N2S2/c1-3-5-7-9-11-13-15-17-19-21-23-26-32(28-30-34-33-29-25-31)27-24-22-20-18-16-14-12-10-8-6-4-2/h3-31H2,1-2H3. The van der Waals surface area contributed by atoms with Crippen molar-refractivity contribution in [2.45, 2.75) is 155 Å². The molecule has 0 atom stereocenters. The first kappa shape index (κ1) is 34.6. The number of unbranched alkanes of at least 4 members (excludes halogenated alkanes) is 20. The van der Waals surface area contributed by atoms with E-state index in [0.717, 1.165) is 12.3 Å². The van der Waals surface area contributed by atoms with Crippen molar-refractivity contribution in [3.63, 3.8) is 0 Å². The molecule has 0 aromatic rings. The quantitative estimate of drug-likeness (QED) is 0.0759. The molecule has 0 aliphatic rings. The first-order valence-corrected chi connectivity index (χ1v) is 18.0. The Morgan fingerprint density at radius 1 is 0.412 bits per heavy atom. The van der Waals surface area contributed by atoms with Crippen LogP contribution in [0.3, 0.4) is 0 Å². The monoisotopic (exact) mass is 516 g/mol. The molecule has 0 heterocycles. The van der Waals surface area contributed by atoms with Crippen LogP contribution >= 0.6 is 21.6 Å². The number of hydrogen-bond acceptors (Lipinski definition) is 4. The Kier molecular flexibility index (Phi) is 32.2. The second-order valence-electron chi connectivity index (χ2n) is 10.3. The van der Waals surface area contributed by atoms with Crippen molar-refractivity contribution in [3.05, 3.63) is 0 Å². The van der Waals surface area contributed by atoms with E-state index in [-0.39, 0.29) is 0 Å². The van der Waals surface area contributed by atoms with Crippen LogP contribution in [0.4, 0.5) is 0 Å². The highest BCUT2D eigenvalue weighted by Gasteiger charge is 2.05. The molecule has 0 saturated heterocycles. The van der Waals surface area contributed by atoms with Gasteiger partial charge >= 0.3 is 0 Å². The first-order valence-electron chi connectivity index (χ1n) is 15.5. The lowest BCUT2D eigenvalue weighted by molar-refractivity contribution is 0.275. The van der Waals surface area contributed by atoms with Gasteiger partial charge in [0.25, 0.3) is 0 Å². The van der Waals surface area contributed by atoms with Gasteiger partial charge in [0.15, 0.2) is 0 Å². The number of nitrogens with two attached hydrogens (primary N) is 1. The minimum atomic E-state index is 0.804. The third-order valence-electron chi connectivity index (χ3n) is 6.93. The van der Waals surface area contributed by atoms with Crippen LogP contribution < -0.4 is 5.73 Å². The van der Waals surface area contributed by atoms with Gasteiger partial charge in [-0.1, -0.05) is 164 Å². The second-order valence-corrected chi connectivity index (χ2v) is 13.0. The highest BCUT2D eigenvalue weighted by molar-refractivity contribution is 8.76. The molecule has 0 aromatic carbocycles. The zero-order chi connectivity index (χ0) is 24.8. The summed E-state index contributed by atoms with van der Waals surface area (Å²) >= 11 is 0. The second kappa shape index (κ2) is 31.6. The van der Waals surface area contributed by atoms with Gasteiger partial charge in [-0.05, 0) is 25.9 Å². The average molecular weight is 517 g/mol. The predicted octanol–water partition coefficient (Wildman–Crippen LogP) is 10.3. The van der Waals surface area contributed by atoms with E-state index in [1.807, 2.05) is 21.6 Å². The summed E-state index contributed by atoms with van der Waals surface area (Å²) < 4.78 is 0. The molecule has 0 fully saturated rings. The molecule has 206 valence electrons. The average Bonchev–Trinajstić information content (AvgIpc) is 2.85. The van der Waals surface area contributed by atoms with E-state index >= 15 is 0 Å². The van der Waals surface area contributed by atoms with Crippen LogP contribution in [0.5, 0.6) is 0 Å². The fourth-order valence-electron chi connectivity index (χ4n) is 4.67. The molecule has 0 bridgehead atoms. The molecule has 0 aliphatic heterocycles. The largest absolute Gasteiger partial charge is 0.330 e. The number of nitrogens with zero attached hydrogens (tertiary/aromatic N) is 1. The molecular formula is C30H64N2S2. The van der Waals surface area contributed by atoms with Gasteiger partial charge in [0, 0.05) is 24.6 Å². The summed E-state index contributed by atoms with van der Waals surface area (Å²) in [7, 11) is 3.97. The van der Waals surface area contributed by atoms with Crippen LogP contribution in [-0.4, -0.2) is 42.6 Å². The molecule has 0 aliphatic carbocycles. The van der Waals surface area contributed by atoms with E-state index in [1.165, 1.54) is 167 Å². The summed E-state index contributed by atoms with van der Waals surface area (Å²) in [5.41, 5.74) is 5.63. The van der Waals surface area contributed by atoms with Crippen LogP contribution in [-0.2, 0) is 0 Å². The van der Waals surface area contributed by atoms with Gasteiger partial charge in [0.05, 0.1) is 0 Å². The Hall–Kier alpha value is 0.620. The van der Waals surface area contributed by atoms with Gasteiger partial charge in [-0.25, -0.2) is 0 Å². The van der Waals surface area contributed by atoms with Gasteiger partial charge in [-0.3, -0.25) is 0 Å². The van der Waals surface area contributed by atoms with Crippen LogP contribution in [0.2, 0.25) is 0 Å². The van der Waals surface area contributed by atoms with Gasteiger partial charge in [-0.15, -0.1) is 0 Å². The Labute approximate surface area is 224 Å². The molecule has 0 rings (SSSR count). The van der Waals surface area contributed by atoms with Gasteiger partial charge in [0.1, 0.15) is 0 Å². The van der Waals surface area contributed by atoms with Crippen molar-refractivity contribution < 1.29 is 0 Å². The summed E-state index contributed by atoms with van der Waals surface area (Å²) in [6, 6.07) is 0. The van der Waals surface area contributed by atoms with Crippen molar-refractivity contribution in [2.24, 2.45) is 5.73 Å².